The normalized spacial score (nSPS) is 20.3. The van der Waals surface area contributed by atoms with E-state index in [1.807, 2.05) is 0 Å². The predicted molar refractivity (Wildman–Crippen MR) is 50.6 cm³/mol. The third-order valence-electron chi connectivity index (χ3n) is 2.14. The maximum absolute atomic E-state index is 13.4. The van der Waals surface area contributed by atoms with Gasteiger partial charge in [0.05, 0.1) is 4.91 Å². The summed E-state index contributed by atoms with van der Waals surface area (Å²) >= 11 is 0. The Morgan fingerprint density at radius 1 is 1.31 bits per heavy atom. The minimum atomic E-state index is -3.39. The fourth-order valence-electron chi connectivity index (χ4n) is 1.39. The molecule has 4 heteroatoms. The van der Waals surface area contributed by atoms with Crippen LogP contribution in [0.5, 0.6) is 0 Å². The van der Waals surface area contributed by atoms with Gasteiger partial charge in [0.25, 0.3) is 0 Å². The average molecular weight is 204 g/mol. The van der Waals surface area contributed by atoms with Gasteiger partial charge in [0.1, 0.15) is 5.83 Å². The van der Waals surface area contributed by atoms with Gasteiger partial charge in [0, 0.05) is 6.26 Å². The van der Waals surface area contributed by atoms with E-state index < -0.39 is 15.7 Å². The summed E-state index contributed by atoms with van der Waals surface area (Å²) in [6, 6.07) is 0. The first-order valence-corrected chi connectivity index (χ1v) is 6.09. The second kappa shape index (κ2) is 3.62. The van der Waals surface area contributed by atoms with Crippen LogP contribution in [0.2, 0.25) is 0 Å². The molecule has 0 radical (unpaired) electrons. The van der Waals surface area contributed by atoms with Crippen molar-refractivity contribution in [1.82, 2.24) is 0 Å². The minimum Gasteiger partial charge on any atom is -0.224 e. The van der Waals surface area contributed by atoms with Crippen LogP contribution in [0.4, 0.5) is 4.39 Å². The van der Waals surface area contributed by atoms with Crippen molar-refractivity contribution in [1.29, 1.82) is 0 Å². The number of hydrogen-bond acceptors (Lipinski definition) is 2. The van der Waals surface area contributed by atoms with Crippen LogP contribution in [0.1, 0.15) is 25.7 Å². The number of allylic oxidation sites excluding steroid dienone is 3. The Hall–Kier alpha value is -0.640. The molecule has 74 valence electrons. The Labute approximate surface area is 78.1 Å². The summed E-state index contributed by atoms with van der Waals surface area (Å²) in [5, 5.41) is 0. The van der Waals surface area contributed by atoms with Gasteiger partial charge in [-0.2, -0.15) is 0 Å². The zero-order valence-corrected chi connectivity index (χ0v) is 8.45. The highest BCUT2D eigenvalue weighted by Crippen LogP contribution is 2.30. The molecule has 0 bridgehead atoms. The molecule has 0 aromatic carbocycles. The van der Waals surface area contributed by atoms with Crippen LogP contribution in [0.25, 0.3) is 0 Å². The summed E-state index contributed by atoms with van der Waals surface area (Å²) < 4.78 is 35.7. The molecule has 1 aliphatic rings. The van der Waals surface area contributed by atoms with E-state index in [0.29, 0.717) is 18.4 Å². The van der Waals surface area contributed by atoms with Crippen LogP contribution in [0.15, 0.2) is 22.9 Å². The molecular formula is C9H13FO2S. The predicted octanol–water partition coefficient (Wildman–Crippen LogP) is 2.34. The topological polar surface area (TPSA) is 34.1 Å². The maximum Gasteiger partial charge on any atom is 0.174 e. The maximum atomic E-state index is 13.4. The Morgan fingerprint density at radius 2 is 1.85 bits per heavy atom. The summed E-state index contributed by atoms with van der Waals surface area (Å²) in [7, 11) is -3.39. The molecule has 1 aliphatic carbocycles. The Bertz CT molecular complexity index is 352. The Morgan fingerprint density at radius 3 is 2.38 bits per heavy atom. The summed E-state index contributed by atoms with van der Waals surface area (Å²) in [6.45, 7) is 3.52. The SMILES string of the molecule is C=C1CCCCC(S(C)(=O)=O)=C1F. The van der Waals surface area contributed by atoms with E-state index in [2.05, 4.69) is 6.58 Å². The molecule has 0 saturated carbocycles. The molecule has 0 heterocycles. The van der Waals surface area contributed by atoms with Gasteiger partial charge in [-0.05, 0) is 31.3 Å². The fourth-order valence-corrected chi connectivity index (χ4v) is 2.37. The van der Waals surface area contributed by atoms with Crippen molar-refractivity contribution in [2.45, 2.75) is 25.7 Å². The zero-order chi connectivity index (χ0) is 10.1. The molecule has 0 atom stereocenters. The monoisotopic (exact) mass is 204 g/mol. The molecule has 1 rings (SSSR count). The molecule has 0 saturated heterocycles. The molecule has 0 spiro atoms. The van der Waals surface area contributed by atoms with Gasteiger partial charge in [0.2, 0.25) is 0 Å². The Balaban J connectivity index is 3.17. The van der Waals surface area contributed by atoms with E-state index in [1.165, 1.54) is 0 Å². The zero-order valence-electron chi connectivity index (χ0n) is 7.64. The van der Waals surface area contributed by atoms with Crippen LogP contribution >= 0.6 is 0 Å². The van der Waals surface area contributed by atoms with E-state index >= 15 is 0 Å². The quantitative estimate of drug-likeness (QED) is 0.657. The molecule has 0 aromatic rings. The second-order valence-corrected chi connectivity index (χ2v) is 5.36. The molecule has 0 aliphatic heterocycles. The highest BCUT2D eigenvalue weighted by molar-refractivity contribution is 7.94. The van der Waals surface area contributed by atoms with Crippen LogP contribution in [-0.4, -0.2) is 14.7 Å². The summed E-state index contributed by atoms with van der Waals surface area (Å²) in [4.78, 5) is -0.0741. The van der Waals surface area contributed by atoms with Gasteiger partial charge >= 0.3 is 0 Å². The molecule has 0 aromatic heterocycles. The van der Waals surface area contributed by atoms with E-state index in [0.717, 1.165) is 19.1 Å². The summed E-state index contributed by atoms with van der Waals surface area (Å²) in [5.41, 5.74) is 0.318. The lowest BCUT2D eigenvalue weighted by atomic mass is 10.1. The fraction of sp³-hybridized carbons (Fsp3) is 0.556. The molecule has 0 amide bonds. The largest absolute Gasteiger partial charge is 0.224 e. The van der Waals surface area contributed by atoms with Crippen molar-refractivity contribution < 1.29 is 12.8 Å². The van der Waals surface area contributed by atoms with Crippen molar-refractivity contribution in [3.8, 4) is 0 Å². The molecule has 13 heavy (non-hydrogen) atoms. The summed E-state index contributed by atoms with van der Waals surface area (Å²) in [5.74, 6) is -0.611. The van der Waals surface area contributed by atoms with Gasteiger partial charge in [-0.25, -0.2) is 12.8 Å². The number of hydrogen-bond donors (Lipinski definition) is 0. The van der Waals surface area contributed by atoms with E-state index in [9.17, 15) is 12.8 Å². The third-order valence-corrected chi connectivity index (χ3v) is 3.41. The van der Waals surface area contributed by atoms with Crippen molar-refractivity contribution in [2.24, 2.45) is 0 Å². The first-order valence-electron chi connectivity index (χ1n) is 4.20. The van der Waals surface area contributed by atoms with Gasteiger partial charge in [-0.15, -0.1) is 0 Å². The van der Waals surface area contributed by atoms with Crippen molar-refractivity contribution in [3.63, 3.8) is 0 Å². The molecule has 2 nitrogen and oxygen atoms in total. The van der Waals surface area contributed by atoms with Gasteiger partial charge in [-0.3, -0.25) is 0 Å². The molecule has 0 N–H and O–H groups in total. The third kappa shape index (κ3) is 2.40. The van der Waals surface area contributed by atoms with Crippen molar-refractivity contribution >= 4 is 9.84 Å². The van der Waals surface area contributed by atoms with E-state index in [-0.39, 0.29) is 4.91 Å². The average Bonchev–Trinajstić information content (AvgIpc) is 2.14. The second-order valence-electron chi connectivity index (χ2n) is 3.32. The lowest BCUT2D eigenvalue weighted by Gasteiger charge is -2.03. The van der Waals surface area contributed by atoms with Crippen LogP contribution in [0, 0.1) is 0 Å². The molecule has 0 fully saturated rings. The lowest BCUT2D eigenvalue weighted by molar-refractivity contribution is 0.597. The Kier molecular flexibility index (Phi) is 2.91. The van der Waals surface area contributed by atoms with E-state index in [1.54, 1.807) is 0 Å². The molecule has 0 unspecified atom stereocenters. The lowest BCUT2D eigenvalue weighted by Crippen LogP contribution is -2.02. The molecular weight excluding hydrogens is 191 g/mol. The van der Waals surface area contributed by atoms with Crippen LogP contribution in [0.3, 0.4) is 0 Å². The van der Waals surface area contributed by atoms with E-state index in [4.69, 9.17) is 0 Å². The van der Waals surface area contributed by atoms with Crippen LogP contribution in [-0.2, 0) is 9.84 Å². The highest BCUT2D eigenvalue weighted by atomic mass is 32.2. The minimum absolute atomic E-state index is 0.0741. The number of sulfone groups is 1. The van der Waals surface area contributed by atoms with Crippen molar-refractivity contribution in [3.05, 3.63) is 22.9 Å². The standard InChI is InChI=1S/C9H13FO2S/c1-7-5-3-4-6-8(9(7)10)13(2,11)12/h1,3-6H2,2H3. The van der Waals surface area contributed by atoms with Crippen LogP contribution < -0.4 is 0 Å². The van der Waals surface area contributed by atoms with Gasteiger partial charge in [-0.1, -0.05) is 6.58 Å². The highest BCUT2D eigenvalue weighted by Gasteiger charge is 2.21. The summed E-state index contributed by atoms with van der Waals surface area (Å²) in [6.07, 6.45) is 3.44. The number of halogens is 1. The van der Waals surface area contributed by atoms with Gasteiger partial charge < -0.3 is 0 Å². The first kappa shape index (κ1) is 10.4. The number of rotatable bonds is 1. The smallest absolute Gasteiger partial charge is 0.174 e. The first-order chi connectivity index (χ1) is 5.93. The van der Waals surface area contributed by atoms with Crippen molar-refractivity contribution in [2.75, 3.05) is 6.26 Å². The van der Waals surface area contributed by atoms with Gasteiger partial charge in [0.15, 0.2) is 9.84 Å².